The monoisotopic (exact) mass is 401 g/mol. The summed E-state index contributed by atoms with van der Waals surface area (Å²) in [5.74, 6) is -1.35. The Hall–Kier alpha value is -2.12. The third kappa shape index (κ3) is 4.47. The number of hydrogen-bond donors (Lipinski definition) is 1. The second-order valence-corrected chi connectivity index (χ2v) is 7.73. The van der Waals surface area contributed by atoms with Crippen LogP contribution in [-0.4, -0.2) is 65.2 Å². The minimum atomic E-state index is -0.846. The minimum Gasteiger partial charge on any atom is -0.331 e. The number of aliphatic imine (C=N–C) groups is 1. The maximum absolute atomic E-state index is 12.7. The molecule has 2 heterocycles. The number of likely N-dealkylation sites (tertiary alicyclic amines) is 1. The molecule has 0 atom stereocenters. The Kier molecular flexibility index (Phi) is 6.91. The molecular weight excluding hydrogens is 372 g/mol. The highest BCUT2D eigenvalue weighted by Gasteiger charge is 2.41. The second-order valence-electron chi connectivity index (χ2n) is 7.37. The Morgan fingerprint density at radius 3 is 2.18 bits per heavy atom. The van der Waals surface area contributed by atoms with E-state index < -0.39 is 5.92 Å². The molecule has 0 saturated carbocycles. The van der Waals surface area contributed by atoms with Gasteiger partial charge in [-0.05, 0) is 26.1 Å². The summed E-state index contributed by atoms with van der Waals surface area (Å²) < 4.78 is 0. The molecule has 0 aromatic heterocycles. The van der Waals surface area contributed by atoms with Crippen LogP contribution in [0.3, 0.4) is 0 Å². The molecule has 6 nitrogen and oxygen atoms in total. The van der Waals surface area contributed by atoms with Gasteiger partial charge in [0.2, 0.25) is 11.8 Å². The summed E-state index contributed by atoms with van der Waals surface area (Å²) in [7, 11) is 0. The molecule has 150 valence electrons. The quantitative estimate of drug-likeness (QED) is 0.438. The van der Waals surface area contributed by atoms with Crippen LogP contribution in [0.1, 0.15) is 32.3 Å². The van der Waals surface area contributed by atoms with Crippen LogP contribution >= 0.6 is 12.2 Å². The van der Waals surface area contributed by atoms with E-state index in [0.717, 1.165) is 32.5 Å². The first-order valence-corrected chi connectivity index (χ1v) is 10.5. The first-order valence-electron chi connectivity index (χ1n) is 10.1. The van der Waals surface area contributed by atoms with Crippen molar-refractivity contribution in [1.82, 2.24) is 9.80 Å². The molecule has 1 aromatic carbocycles. The fourth-order valence-electron chi connectivity index (χ4n) is 3.91. The van der Waals surface area contributed by atoms with Crippen molar-refractivity contribution in [1.29, 1.82) is 0 Å². The van der Waals surface area contributed by atoms with Crippen molar-refractivity contribution in [2.75, 3.05) is 26.2 Å². The smallest absolute Gasteiger partial charge is 0.246 e. The zero-order valence-corrected chi connectivity index (χ0v) is 17.5. The van der Waals surface area contributed by atoms with Gasteiger partial charge in [-0.1, -0.05) is 30.3 Å². The van der Waals surface area contributed by atoms with Crippen LogP contribution in [0.25, 0.3) is 0 Å². The van der Waals surface area contributed by atoms with Crippen molar-refractivity contribution in [3.63, 3.8) is 0 Å². The van der Waals surface area contributed by atoms with E-state index in [2.05, 4.69) is 29.3 Å². The Balaban J connectivity index is 1.58. The van der Waals surface area contributed by atoms with Crippen molar-refractivity contribution in [2.45, 2.75) is 39.3 Å². The summed E-state index contributed by atoms with van der Waals surface area (Å²) in [6.07, 6.45) is 3.52. The van der Waals surface area contributed by atoms with Crippen LogP contribution < -0.4 is 4.90 Å². The van der Waals surface area contributed by atoms with Crippen molar-refractivity contribution < 1.29 is 14.5 Å². The van der Waals surface area contributed by atoms with Crippen LogP contribution in [0.5, 0.6) is 0 Å². The van der Waals surface area contributed by atoms with Crippen molar-refractivity contribution in [3.8, 4) is 0 Å². The molecule has 0 radical (unpaired) electrons. The van der Waals surface area contributed by atoms with Gasteiger partial charge in [-0.3, -0.25) is 24.4 Å². The average Bonchev–Trinajstić information content (AvgIpc) is 2.70. The molecule has 0 bridgehead atoms. The van der Waals surface area contributed by atoms with Crippen LogP contribution in [0, 0.1) is 5.92 Å². The topological polar surface area (TPSA) is 57.4 Å². The zero-order valence-electron chi connectivity index (χ0n) is 16.6. The number of rotatable bonds is 6. The van der Waals surface area contributed by atoms with E-state index in [1.54, 1.807) is 11.1 Å². The van der Waals surface area contributed by atoms with E-state index in [4.69, 9.17) is 12.2 Å². The number of quaternary nitrogens is 1. The maximum Gasteiger partial charge on any atom is 0.246 e. The summed E-state index contributed by atoms with van der Waals surface area (Å²) in [6, 6.07) is 10.7. The van der Waals surface area contributed by atoms with E-state index >= 15 is 0 Å². The van der Waals surface area contributed by atoms with Gasteiger partial charge in [-0.2, -0.15) is 0 Å². The number of carbonyl (C=O) groups is 2. The summed E-state index contributed by atoms with van der Waals surface area (Å²) in [6.45, 7) is 7.80. The predicted molar refractivity (Wildman–Crippen MR) is 113 cm³/mol. The fourth-order valence-corrected chi connectivity index (χ4v) is 4.35. The first-order chi connectivity index (χ1) is 13.5. The van der Waals surface area contributed by atoms with Crippen molar-refractivity contribution in [3.05, 3.63) is 35.9 Å². The molecule has 1 aromatic rings. The summed E-state index contributed by atoms with van der Waals surface area (Å²) in [5, 5.41) is 0.308. The van der Waals surface area contributed by atoms with Crippen LogP contribution in [0.2, 0.25) is 0 Å². The number of carbonyl (C=O) groups excluding carboxylic acids is 2. The van der Waals surface area contributed by atoms with Gasteiger partial charge in [0.05, 0.1) is 19.1 Å². The highest BCUT2D eigenvalue weighted by molar-refractivity contribution is 7.80. The molecule has 1 N–H and O–H groups in total. The van der Waals surface area contributed by atoms with E-state index in [1.807, 2.05) is 19.9 Å². The largest absolute Gasteiger partial charge is 0.331 e. The number of nitrogens with zero attached hydrogens (tertiary/aromatic N) is 3. The number of piperidine rings is 1. The van der Waals surface area contributed by atoms with E-state index in [1.165, 1.54) is 15.4 Å². The van der Waals surface area contributed by atoms with Gasteiger partial charge in [-0.25, -0.2) is 0 Å². The maximum atomic E-state index is 12.7. The molecule has 2 aliphatic rings. The molecule has 2 fully saturated rings. The molecule has 0 aliphatic carbocycles. The lowest BCUT2D eigenvalue weighted by molar-refractivity contribution is -0.918. The second kappa shape index (κ2) is 9.39. The van der Waals surface area contributed by atoms with E-state index in [9.17, 15) is 9.59 Å². The highest BCUT2D eigenvalue weighted by Crippen LogP contribution is 2.17. The Labute approximate surface area is 172 Å². The zero-order chi connectivity index (χ0) is 20.1. The minimum absolute atomic E-state index is 0.180. The lowest BCUT2D eigenvalue weighted by atomic mass is 10.0. The van der Waals surface area contributed by atoms with Gasteiger partial charge >= 0.3 is 0 Å². The molecule has 0 unspecified atom stereocenters. The third-order valence-corrected chi connectivity index (χ3v) is 6.00. The first kappa shape index (κ1) is 20.6. The lowest BCUT2D eigenvalue weighted by Gasteiger charge is -2.37. The summed E-state index contributed by atoms with van der Waals surface area (Å²) >= 11 is 5.29. The molecule has 3 rings (SSSR count). The Morgan fingerprint density at radius 2 is 1.64 bits per heavy atom. The van der Waals surface area contributed by atoms with Gasteiger partial charge in [-0.15, -0.1) is 0 Å². The molecule has 2 aliphatic heterocycles. The normalized spacial score (nSPS) is 24.4. The van der Waals surface area contributed by atoms with Gasteiger partial charge in [0.25, 0.3) is 0 Å². The van der Waals surface area contributed by atoms with Gasteiger partial charge in [0.1, 0.15) is 6.54 Å². The molecule has 2 amide bonds. The average molecular weight is 402 g/mol. The number of thiocarbonyl (C=S) groups is 1. The summed E-state index contributed by atoms with van der Waals surface area (Å²) in [4.78, 5) is 34.5. The number of hydrogen-bond acceptors (Lipinski definition) is 4. The molecular formula is C21H29N4O2S+. The Bertz CT molecular complexity index is 718. The molecule has 0 spiro atoms. The van der Waals surface area contributed by atoms with Gasteiger partial charge in [0, 0.05) is 37.7 Å². The van der Waals surface area contributed by atoms with Crippen molar-refractivity contribution >= 4 is 35.4 Å². The highest BCUT2D eigenvalue weighted by atomic mass is 32.1. The summed E-state index contributed by atoms with van der Waals surface area (Å²) in [5.41, 5.74) is 1.35. The molecule has 2 saturated heterocycles. The molecule has 28 heavy (non-hydrogen) atoms. The standard InChI is InChI=1S/C21H28N4O2S/c1-3-24-19(26)18(20(27)25(4-2)21(24)28)14-22-17-10-12-23(13-11-17)15-16-8-6-5-7-9-16/h5-9,14,17-18H,3-4,10-13,15H2,1-2H3/p+1. The molecule has 7 heteroatoms. The van der Waals surface area contributed by atoms with E-state index in [-0.39, 0.29) is 17.9 Å². The SMILES string of the molecule is CCN1C(=O)C(C=NC2CC[NH+](Cc3ccccc3)CC2)C(=O)N(CC)C1=S. The van der Waals surface area contributed by atoms with Crippen LogP contribution in [0.15, 0.2) is 35.3 Å². The van der Waals surface area contributed by atoms with E-state index in [0.29, 0.717) is 18.2 Å². The number of nitrogens with one attached hydrogen (secondary N) is 1. The predicted octanol–water partition coefficient (Wildman–Crippen LogP) is 0.916. The number of benzene rings is 1. The fraction of sp³-hybridized carbons (Fsp3) is 0.524. The van der Waals surface area contributed by atoms with Crippen LogP contribution in [-0.2, 0) is 16.1 Å². The van der Waals surface area contributed by atoms with Gasteiger partial charge < -0.3 is 4.90 Å². The Morgan fingerprint density at radius 1 is 1.07 bits per heavy atom. The van der Waals surface area contributed by atoms with Gasteiger partial charge in [0.15, 0.2) is 11.0 Å². The number of amides is 2. The lowest BCUT2D eigenvalue weighted by Crippen LogP contribution is -3.12. The third-order valence-electron chi connectivity index (χ3n) is 5.56. The van der Waals surface area contributed by atoms with Crippen LogP contribution in [0.4, 0.5) is 0 Å². The van der Waals surface area contributed by atoms with Crippen molar-refractivity contribution in [2.24, 2.45) is 10.9 Å².